The molecule has 0 bridgehead atoms. The largest absolute Gasteiger partial charge is 0.375 e. The van der Waals surface area contributed by atoms with E-state index in [-0.39, 0.29) is 12.1 Å². The van der Waals surface area contributed by atoms with E-state index in [1.54, 1.807) is 18.4 Å². The highest BCUT2D eigenvalue weighted by Crippen LogP contribution is 2.23. The first-order chi connectivity index (χ1) is 8.85. The Morgan fingerprint density at radius 1 is 1.22 bits per heavy atom. The van der Waals surface area contributed by atoms with Crippen molar-refractivity contribution in [2.24, 2.45) is 0 Å². The number of ether oxygens (including phenoxy) is 1. The molecule has 96 valence electrons. The van der Waals surface area contributed by atoms with Gasteiger partial charge in [-0.15, -0.1) is 0 Å². The number of methoxy groups -OCH3 is 1. The van der Waals surface area contributed by atoms with Crippen LogP contribution in [0.3, 0.4) is 0 Å². The molecule has 1 heterocycles. The van der Waals surface area contributed by atoms with E-state index in [1.807, 2.05) is 13.1 Å². The SMILES string of the molecule is CNC(Cc1ccsc1)C(OC)c1ccccc1. The van der Waals surface area contributed by atoms with Crippen LogP contribution in [0.15, 0.2) is 47.2 Å². The first kappa shape index (κ1) is 13.3. The van der Waals surface area contributed by atoms with Crippen molar-refractivity contribution in [2.45, 2.75) is 18.6 Å². The first-order valence-corrected chi connectivity index (χ1v) is 7.05. The average Bonchev–Trinajstić information content (AvgIpc) is 2.92. The lowest BCUT2D eigenvalue weighted by atomic mass is 9.97. The second-order valence-corrected chi connectivity index (χ2v) is 5.08. The molecule has 2 aromatic rings. The normalized spacial score (nSPS) is 14.3. The van der Waals surface area contributed by atoms with Crippen LogP contribution in [0, 0.1) is 0 Å². The third-order valence-corrected chi connectivity index (χ3v) is 3.89. The minimum absolute atomic E-state index is 0.0797. The Kier molecular flexibility index (Phi) is 4.93. The van der Waals surface area contributed by atoms with Crippen LogP contribution in [0.5, 0.6) is 0 Å². The third-order valence-electron chi connectivity index (χ3n) is 3.15. The van der Waals surface area contributed by atoms with E-state index in [0.29, 0.717) is 0 Å². The molecule has 2 nitrogen and oxygen atoms in total. The van der Waals surface area contributed by atoms with Gasteiger partial charge in [0, 0.05) is 13.2 Å². The van der Waals surface area contributed by atoms with Gasteiger partial charge in [-0.2, -0.15) is 11.3 Å². The summed E-state index contributed by atoms with van der Waals surface area (Å²) in [6.07, 6.45) is 1.06. The lowest BCUT2D eigenvalue weighted by Gasteiger charge is -2.26. The highest BCUT2D eigenvalue weighted by Gasteiger charge is 2.21. The molecular weight excluding hydrogens is 242 g/mol. The zero-order chi connectivity index (χ0) is 12.8. The molecule has 2 unspecified atom stereocenters. The number of thiophene rings is 1. The second-order valence-electron chi connectivity index (χ2n) is 4.30. The quantitative estimate of drug-likeness (QED) is 0.861. The maximum Gasteiger partial charge on any atom is 0.0977 e. The predicted octanol–water partition coefficient (Wildman–Crippen LogP) is 3.27. The zero-order valence-electron chi connectivity index (χ0n) is 10.8. The summed E-state index contributed by atoms with van der Waals surface area (Å²) in [7, 11) is 3.77. The van der Waals surface area contributed by atoms with Crippen molar-refractivity contribution in [1.82, 2.24) is 5.32 Å². The predicted molar refractivity (Wildman–Crippen MR) is 77.1 cm³/mol. The topological polar surface area (TPSA) is 21.3 Å². The van der Waals surface area contributed by atoms with Crippen LogP contribution in [0.4, 0.5) is 0 Å². The van der Waals surface area contributed by atoms with Crippen molar-refractivity contribution in [3.8, 4) is 0 Å². The molecule has 0 aliphatic carbocycles. The summed E-state index contributed by atoms with van der Waals surface area (Å²) in [4.78, 5) is 0. The van der Waals surface area contributed by atoms with Gasteiger partial charge in [0.05, 0.1) is 6.10 Å². The number of nitrogens with one attached hydrogen (secondary N) is 1. The average molecular weight is 261 g/mol. The van der Waals surface area contributed by atoms with E-state index in [4.69, 9.17) is 4.74 Å². The van der Waals surface area contributed by atoms with Gasteiger partial charge in [-0.25, -0.2) is 0 Å². The maximum atomic E-state index is 5.68. The molecule has 3 heteroatoms. The van der Waals surface area contributed by atoms with Gasteiger partial charge in [-0.3, -0.25) is 0 Å². The van der Waals surface area contributed by atoms with Gasteiger partial charge in [-0.1, -0.05) is 30.3 Å². The molecule has 2 atom stereocenters. The molecule has 1 aromatic carbocycles. The number of likely N-dealkylation sites (N-methyl/N-ethyl adjacent to an activating group) is 1. The summed E-state index contributed by atoms with van der Waals surface area (Å²) in [5.41, 5.74) is 2.58. The summed E-state index contributed by atoms with van der Waals surface area (Å²) in [5, 5.41) is 7.68. The molecule has 2 rings (SSSR count). The van der Waals surface area contributed by atoms with Gasteiger partial charge in [-0.05, 0) is 41.4 Å². The Morgan fingerprint density at radius 3 is 2.56 bits per heavy atom. The summed E-state index contributed by atoms with van der Waals surface area (Å²) >= 11 is 1.74. The van der Waals surface area contributed by atoms with E-state index in [2.05, 4.69) is 46.4 Å². The molecule has 0 aliphatic rings. The van der Waals surface area contributed by atoms with E-state index in [0.717, 1.165) is 6.42 Å². The molecule has 0 fully saturated rings. The molecule has 0 saturated carbocycles. The fraction of sp³-hybridized carbons (Fsp3) is 0.333. The van der Waals surface area contributed by atoms with Gasteiger partial charge in [0.25, 0.3) is 0 Å². The molecule has 0 aliphatic heterocycles. The molecule has 0 spiro atoms. The van der Waals surface area contributed by atoms with Crippen LogP contribution < -0.4 is 5.32 Å². The Hall–Kier alpha value is -1.16. The third kappa shape index (κ3) is 3.19. The molecule has 1 aromatic heterocycles. The Morgan fingerprint density at radius 2 is 2.00 bits per heavy atom. The Balaban J connectivity index is 2.14. The van der Waals surface area contributed by atoms with E-state index in [1.165, 1.54) is 11.1 Å². The highest BCUT2D eigenvalue weighted by atomic mass is 32.1. The fourth-order valence-corrected chi connectivity index (χ4v) is 2.88. The van der Waals surface area contributed by atoms with Crippen LogP contribution >= 0.6 is 11.3 Å². The van der Waals surface area contributed by atoms with Crippen LogP contribution in [-0.4, -0.2) is 20.2 Å². The van der Waals surface area contributed by atoms with Crippen molar-refractivity contribution >= 4 is 11.3 Å². The molecule has 0 saturated heterocycles. The Bertz CT molecular complexity index is 441. The highest BCUT2D eigenvalue weighted by molar-refractivity contribution is 7.07. The Labute approximate surface area is 113 Å². The monoisotopic (exact) mass is 261 g/mol. The number of rotatable bonds is 6. The lowest BCUT2D eigenvalue weighted by molar-refractivity contribution is 0.0704. The number of hydrogen-bond acceptors (Lipinski definition) is 3. The summed E-state index contributed by atoms with van der Waals surface area (Å²) in [6.45, 7) is 0. The standard InChI is InChI=1S/C15H19NOS/c1-16-14(10-12-8-9-18-11-12)15(17-2)13-6-4-3-5-7-13/h3-9,11,14-16H,10H2,1-2H3. The van der Waals surface area contributed by atoms with Gasteiger partial charge in [0.15, 0.2) is 0 Å². The second kappa shape index (κ2) is 6.69. The van der Waals surface area contributed by atoms with Crippen LogP contribution in [-0.2, 0) is 11.2 Å². The zero-order valence-corrected chi connectivity index (χ0v) is 11.6. The van der Waals surface area contributed by atoms with Crippen molar-refractivity contribution < 1.29 is 4.74 Å². The minimum atomic E-state index is 0.0797. The van der Waals surface area contributed by atoms with Crippen molar-refractivity contribution in [3.05, 3.63) is 58.3 Å². The first-order valence-electron chi connectivity index (χ1n) is 6.11. The van der Waals surface area contributed by atoms with Crippen molar-refractivity contribution in [3.63, 3.8) is 0 Å². The van der Waals surface area contributed by atoms with Gasteiger partial charge >= 0.3 is 0 Å². The maximum absolute atomic E-state index is 5.68. The van der Waals surface area contributed by atoms with Crippen LogP contribution in [0.1, 0.15) is 17.2 Å². The number of hydrogen-bond donors (Lipinski definition) is 1. The summed E-state index contributed by atoms with van der Waals surface area (Å²) in [5.74, 6) is 0. The minimum Gasteiger partial charge on any atom is -0.375 e. The smallest absolute Gasteiger partial charge is 0.0977 e. The van der Waals surface area contributed by atoms with Gasteiger partial charge in [0.2, 0.25) is 0 Å². The molecule has 0 amide bonds. The van der Waals surface area contributed by atoms with Crippen LogP contribution in [0.25, 0.3) is 0 Å². The van der Waals surface area contributed by atoms with E-state index in [9.17, 15) is 0 Å². The molecular formula is C15H19NOS. The van der Waals surface area contributed by atoms with Gasteiger partial charge < -0.3 is 10.1 Å². The van der Waals surface area contributed by atoms with Crippen molar-refractivity contribution in [2.75, 3.05) is 14.2 Å². The fourth-order valence-electron chi connectivity index (χ4n) is 2.20. The van der Waals surface area contributed by atoms with E-state index >= 15 is 0 Å². The summed E-state index contributed by atoms with van der Waals surface area (Å²) in [6, 6.07) is 12.8. The molecule has 1 N–H and O–H groups in total. The van der Waals surface area contributed by atoms with Gasteiger partial charge in [0.1, 0.15) is 0 Å². The summed E-state index contributed by atoms with van der Waals surface area (Å²) < 4.78 is 5.68. The number of benzene rings is 1. The van der Waals surface area contributed by atoms with Crippen molar-refractivity contribution in [1.29, 1.82) is 0 Å². The molecule has 0 radical (unpaired) electrons. The lowest BCUT2D eigenvalue weighted by Crippen LogP contribution is -2.35. The van der Waals surface area contributed by atoms with Crippen LogP contribution in [0.2, 0.25) is 0 Å². The molecule has 18 heavy (non-hydrogen) atoms. The van der Waals surface area contributed by atoms with E-state index < -0.39 is 0 Å².